The molecule has 0 aromatic rings. The van der Waals surface area contributed by atoms with Crippen molar-refractivity contribution in [1.29, 1.82) is 0 Å². The summed E-state index contributed by atoms with van der Waals surface area (Å²) in [4.78, 5) is 4.20. The molecule has 0 aliphatic carbocycles. The van der Waals surface area contributed by atoms with Gasteiger partial charge in [-0.1, -0.05) is 17.8 Å². The summed E-state index contributed by atoms with van der Waals surface area (Å²) in [5, 5.41) is 0. The van der Waals surface area contributed by atoms with Gasteiger partial charge in [0.15, 0.2) is 0 Å². The largest absolute Gasteiger partial charge is 0.292 e. The van der Waals surface area contributed by atoms with E-state index < -0.39 is 0 Å². The Morgan fingerprint density at radius 2 is 2.11 bits per heavy atom. The van der Waals surface area contributed by atoms with Crippen molar-refractivity contribution in [3.05, 3.63) is 0 Å². The third-order valence-corrected chi connectivity index (χ3v) is 0.634. The molecule has 2 N–H and O–H groups in total. The first kappa shape index (κ1) is 8.04. The van der Waals surface area contributed by atoms with Gasteiger partial charge in [-0.2, -0.15) is 0 Å². The second-order valence-electron chi connectivity index (χ2n) is 1.27. The molecule has 0 spiro atoms. The predicted octanol–water partition coefficient (Wildman–Crippen LogP) is 0.294. The first-order chi connectivity index (χ1) is 4.41. The summed E-state index contributed by atoms with van der Waals surface area (Å²) in [6, 6.07) is 0. The predicted molar refractivity (Wildman–Crippen MR) is 36.0 cm³/mol. The standard InChI is InChI=1S/C7H9NO/c1-2-3-4-5-6-7-9-8/h4,7-8H2,1H3. The maximum absolute atomic E-state index is 4.70. The highest BCUT2D eigenvalue weighted by Crippen LogP contribution is 1.68. The van der Waals surface area contributed by atoms with Crippen LogP contribution in [0.4, 0.5) is 0 Å². The Hall–Kier alpha value is -0.960. The van der Waals surface area contributed by atoms with Crippen molar-refractivity contribution in [3.63, 3.8) is 0 Å². The topological polar surface area (TPSA) is 35.2 Å². The van der Waals surface area contributed by atoms with Crippen molar-refractivity contribution < 1.29 is 4.84 Å². The minimum Gasteiger partial charge on any atom is -0.292 e. The van der Waals surface area contributed by atoms with Gasteiger partial charge in [0.05, 0.1) is 6.42 Å². The Balaban J connectivity index is 3.23. The van der Waals surface area contributed by atoms with Crippen LogP contribution < -0.4 is 5.90 Å². The highest BCUT2D eigenvalue weighted by molar-refractivity contribution is 5.10. The highest BCUT2D eigenvalue weighted by atomic mass is 16.6. The van der Waals surface area contributed by atoms with Crippen molar-refractivity contribution in [2.24, 2.45) is 5.90 Å². The maximum Gasteiger partial charge on any atom is 0.128 e. The third-order valence-electron chi connectivity index (χ3n) is 0.634. The zero-order chi connectivity index (χ0) is 6.95. The molecule has 0 fully saturated rings. The van der Waals surface area contributed by atoms with E-state index in [4.69, 9.17) is 5.90 Å². The Bertz CT molecular complexity index is 165. The van der Waals surface area contributed by atoms with E-state index in [9.17, 15) is 0 Å². The van der Waals surface area contributed by atoms with E-state index in [0.717, 1.165) is 0 Å². The molecule has 0 heterocycles. The molecule has 0 amide bonds. The van der Waals surface area contributed by atoms with Crippen LogP contribution in [-0.4, -0.2) is 6.61 Å². The molecule has 48 valence electrons. The fourth-order valence-electron chi connectivity index (χ4n) is 0.288. The molecule has 0 rings (SSSR count). The Labute approximate surface area is 55.3 Å². The average Bonchev–Trinajstić information content (AvgIpc) is 1.89. The summed E-state index contributed by atoms with van der Waals surface area (Å²) < 4.78 is 0. The van der Waals surface area contributed by atoms with Gasteiger partial charge in [-0.05, 0) is 6.92 Å². The second-order valence-corrected chi connectivity index (χ2v) is 1.27. The first-order valence-corrected chi connectivity index (χ1v) is 2.59. The second kappa shape index (κ2) is 7.04. The Kier molecular flexibility index (Phi) is 6.29. The monoisotopic (exact) mass is 123 g/mol. The number of rotatable bonds is 1. The van der Waals surface area contributed by atoms with Crippen LogP contribution in [-0.2, 0) is 4.84 Å². The number of nitrogens with two attached hydrogens (primary N) is 1. The minimum atomic E-state index is 0.283. The zero-order valence-corrected chi connectivity index (χ0v) is 5.40. The Morgan fingerprint density at radius 3 is 2.67 bits per heavy atom. The van der Waals surface area contributed by atoms with Gasteiger partial charge in [-0.25, -0.2) is 5.90 Å². The van der Waals surface area contributed by atoms with Crippen molar-refractivity contribution in [2.75, 3.05) is 6.61 Å². The summed E-state index contributed by atoms with van der Waals surface area (Å²) in [7, 11) is 0. The molecule has 0 radical (unpaired) electrons. The van der Waals surface area contributed by atoms with Crippen LogP contribution in [0.3, 0.4) is 0 Å². The first-order valence-electron chi connectivity index (χ1n) is 2.59. The maximum atomic E-state index is 4.70. The van der Waals surface area contributed by atoms with E-state index in [0.29, 0.717) is 6.42 Å². The lowest BCUT2D eigenvalue weighted by Crippen LogP contribution is -1.97. The highest BCUT2D eigenvalue weighted by Gasteiger charge is 1.66. The summed E-state index contributed by atoms with van der Waals surface area (Å²) >= 11 is 0. The van der Waals surface area contributed by atoms with Crippen molar-refractivity contribution >= 4 is 0 Å². The SMILES string of the molecule is CC#CCC#CCON. The van der Waals surface area contributed by atoms with Gasteiger partial charge >= 0.3 is 0 Å². The molecule has 0 aliphatic rings. The van der Waals surface area contributed by atoms with Crippen LogP contribution in [0.2, 0.25) is 0 Å². The molecule has 0 saturated carbocycles. The van der Waals surface area contributed by atoms with Crippen LogP contribution >= 0.6 is 0 Å². The molecule has 0 bridgehead atoms. The van der Waals surface area contributed by atoms with Gasteiger partial charge < -0.3 is 0 Å². The van der Waals surface area contributed by atoms with E-state index in [1.165, 1.54) is 0 Å². The lowest BCUT2D eigenvalue weighted by molar-refractivity contribution is 0.173. The number of hydrogen-bond donors (Lipinski definition) is 1. The molecule has 0 aromatic heterocycles. The van der Waals surface area contributed by atoms with Gasteiger partial charge in [-0.15, -0.1) is 5.92 Å². The van der Waals surface area contributed by atoms with Crippen LogP contribution in [0.15, 0.2) is 0 Å². The summed E-state index contributed by atoms with van der Waals surface area (Å²) in [5.41, 5.74) is 0. The summed E-state index contributed by atoms with van der Waals surface area (Å²) in [5.74, 6) is 15.6. The quantitative estimate of drug-likeness (QED) is 0.402. The zero-order valence-electron chi connectivity index (χ0n) is 5.40. The summed E-state index contributed by atoms with van der Waals surface area (Å²) in [6.45, 7) is 2.06. The smallest absolute Gasteiger partial charge is 0.128 e. The molecule has 0 unspecified atom stereocenters. The van der Waals surface area contributed by atoms with Crippen LogP contribution in [0.5, 0.6) is 0 Å². The number of hydrogen-bond acceptors (Lipinski definition) is 2. The van der Waals surface area contributed by atoms with Gasteiger partial charge in [0, 0.05) is 0 Å². The molecule has 0 aliphatic heterocycles. The fourth-order valence-corrected chi connectivity index (χ4v) is 0.288. The molecule has 2 heteroatoms. The Morgan fingerprint density at radius 1 is 1.33 bits per heavy atom. The summed E-state index contributed by atoms with van der Waals surface area (Å²) in [6.07, 6.45) is 0.597. The molecular formula is C7H9NO. The van der Waals surface area contributed by atoms with E-state index in [-0.39, 0.29) is 6.61 Å². The van der Waals surface area contributed by atoms with E-state index in [2.05, 4.69) is 28.5 Å². The fraction of sp³-hybridized carbons (Fsp3) is 0.429. The van der Waals surface area contributed by atoms with Gasteiger partial charge in [0.25, 0.3) is 0 Å². The van der Waals surface area contributed by atoms with Crippen LogP contribution in [0.1, 0.15) is 13.3 Å². The third kappa shape index (κ3) is 7.04. The van der Waals surface area contributed by atoms with Crippen LogP contribution in [0, 0.1) is 23.7 Å². The van der Waals surface area contributed by atoms with Crippen LogP contribution in [0.25, 0.3) is 0 Å². The minimum absolute atomic E-state index is 0.283. The van der Waals surface area contributed by atoms with Gasteiger partial charge in [0.2, 0.25) is 0 Å². The molecule has 0 saturated heterocycles. The molecular weight excluding hydrogens is 114 g/mol. The molecule has 9 heavy (non-hydrogen) atoms. The van der Waals surface area contributed by atoms with Crippen molar-refractivity contribution in [3.8, 4) is 23.7 Å². The van der Waals surface area contributed by atoms with Crippen molar-refractivity contribution in [1.82, 2.24) is 0 Å². The van der Waals surface area contributed by atoms with E-state index in [1.807, 2.05) is 0 Å². The molecule has 2 nitrogen and oxygen atoms in total. The normalized spacial score (nSPS) is 6.44. The lowest BCUT2D eigenvalue weighted by atomic mass is 10.4. The van der Waals surface area contributed by atoms with E-state index >= 15 is 0 Å². The van der Waals surface area contributed by atoms with E-state index in [1.54, 1.807) is 6.92 Å². The molecule has 0 aromatic carbocycles. The van der Waals surface area contributed by atoms with Gasteiger partial charge in [0.1, 0.15) is 6.61 Å². The average molecular weight is 123 g/mol. The van der Waals surface area contributed by atoms with Crippen molar-refractivity contribution in [2.45, 2.75) is 13.3 Å². The lowest BCUT2D eigenvalue weighted by Gasteiger charge is -1.79. The molecule has 0 atom stereocenters. The van der Waals surface area contributed by atoms with Gasteiger partial charge in [-0.3, -0.25) is 4.84 Å².